The van der Waals surface area contributed by atoms with Crippen LogP contribution in [0.4, 0.5) is 23.3 Å². The van der Waals surface area contributed by atoms with Crippen molar-refractivity contribution in [1.29, 1.82) is 0 Å². The van der Waals surface area contributed by atoms with Gasteiger partial charge in [-0.15, -0.1) is 0 Å². The lowest BCUT2D eigenvalue weighted by atomic mass is 10.2. The first-order chi connectivity index (χ1) is 13.3. The van der Waals surface area contributed by atoms with Gasteiger partial charge in [-0.1, -0.05) is 18.2 Å². The van der Waals surface area contributed by atoms with E-state index in [-0.39, 0.29) is 6.61 Å². The SMILES string of the molecule is CCN(CCO)c1nc(N2CCOCC2)c2c(n1)N(c1ccccc1)CC2. The summed E-state index contributed by atoms with van der Waals surface area (Å²) in [6.45, 7) is 7.49. The Morgan fingerprint density at radius 2 is 1.81 bits per heavy atom. The molecule has 2 aromatic rings. The van der Waals surface area contributed by atoms with Crippen molar-refractivity contribution < 1.29 is 9.84 Å². The van der Waals surface area contributed by atoms with E-state index in [0.29, 0.717) is 12.5 Å². The Bertz CT molecular complexity index is 764. The molecule has 0 amide bonds. The number of anilines is 4. The smallest absolute Gasteiger partial charge is 0.229 e. The highest BCUT2D eigenvalue weighted by Crippen LogP contribution is 2.38. The van der Waals surface area contributed by atoms with Crippen LogP contribution >= 0.6 is 0 Å². The van der Waals surface area contributed by atoms with E-state index >= 15 is 0 Å². The van der Waals surface area contributed by atoms with Crippen molar-refractivity contribution in [3.63, 3.8) is 0 Å². The van der Waals surface area contributed by atoms with E-state index in [1.54, 1.807) is 0 Å². The van der Waals surface area contributed by atoms with Crippen LogP contribution in [0.3, 0.4) is 0 Å². The molecule has 1 fully saturated rings. The van der Waals surface area contributed by atoms with Crippen molar-refractivity contribution in [2.75, 3.05) is 67.2 Å². The number of rotatable bonds is 6. The van der Waals surface area contributed by atoms with Gasteiger partial charge < -0.3 is 24.5 Å². The van der Waals surface area contributed by atoms with Gasteiger partial charge in [-0.05, 0) is 25.5 Å². The van der Waals surface area contributed by atoms with Gasteiger partial charge >= 0.3 is 0 Å². The van der Waals surface area contributed by atoms with Crippen LogP contribution in [0.2, 0.25) is 0 Å². The molecule has 0 saturated carbocycles. The van der Waals surface area contributed by atoms with E-state index in [0.717, 1.165) is 63.1 Å². The number of morpholine rings is 1. The van der Waals surface area contributed by atoms with E-state index < -0.39 is 0 Å². The second kappa shape index (κ2) is 8.10. The van der Waals surface area contributed by atoms with Crippen LogP contribution in [0, 0.1) is 0 Å². The summed E-state index contributed by atoms with van der Waals surface area (Å²) < 4.78 is 5.53. The van der Waals surface area contributed by atoms with Crippen LogP contribution in [-0.4, -0.2) is 67.6 Å². The number of ether oxygens (including phenoxy) is 1. The number of para-hydroxylation sites is 1. The molecule has 7 heteroatoms. The van der Waals surface area contributed by atoms with Crippen molar-refractivity contribution >= 4 is 23.3 Å². The summed E-state index contributed by atoms with van der Waals surface area (Å²) in [7, 11) is 0. The molecule has 2 aliphatic rings. The fourth-order valence-electron chi connectivity index (χ4n) is 3.78. The van der Waals surface area contributed by atoms with E-state index in [2.05, 4.69) is 41.0 Å². The molecule has 0 spiro atoms. The topological polar surface area (TPSA) is 65.0 Å². The molecule has 1 N–H and O–H groups in total. The van der Waals surface area contributed by atoms with Gasteiger partial charge in [-0.2, -0.15) is 9.97 Å². The summed E-state index contributed by atoms with van der Waals surface area (Å²) in [5, 5.41) is 9.44. The largest absolute Gasteiger partial charge is 0.395 e. The number of aliphatic hydroxyl groups excluding tert-OH is 1. The molecule has 0 unspecified atom stereocenters. The van der Waals surface area contributed by atoms with Crippen LogP contribution in [0.25, 0.3) is 0 Å². The first-order valence-electron chi connectivity index (χ1n) is 9.73. The molecule has 2 aliphatic heterocycles. The van der Waals surface area contributed by atoms with Crippen LogP contribution in [0.1, 0.15) is 12.5 Å². The highest BCUT2D eigenvalue weighted by molar-refractivity contribution is 5.73. The maximum Gasteiger partial charge on any atom is 0.229 e. The number of hydrogen-bond acceptors (Lipinski definition) is 7. The molecule has 27 heavy (non-hydrogen) atoms. The normalized spacial score (nSPS) is 16.5. The third-order valence-corrected chi connectivity index (χ3v) is 5.21. The zero-order chi connectivity index (χ0) is 18.6. The van der Waals surface area contributed by atoms with Gasteiger partial charge in [0.05, 0.1) is 19.8 Å². The van der Waals surface area contributed by atoms with Gasteiger partial charge in [0.25, 0.3) is 0 Å². The third-order valence-electron chi connectivity index (χ3n) is 5.21. The zero-order valence-electron chi connectivity index (χ0n) is 15.8. The number of benzene rings is 1. The number of hydrogen-bond donors (Lipinski definition) is 1. The van der Waals surface area contributed by atoms with Crippen molar-refractivity contribution in [2.45, 2.75) is 13.3 Å². The van der Waals surface area contributed by atoms with E-state index in [1.807, 2.05) is 11.0 Å². The molecule has 0 atom stereocenters. The highest BCUT2D eigenvalue weighted by atomic mass is 16.5. The van der Waals surface area contributed by atoms with E-state index in [9.17, 15) is 5.11 Å². The fourth-order valence-corrected chi connectivity index (χ4v) is 3.78. The third kappa shape index (κ3) is 3.57. The van der Waals surface area contributed by atoms with Gasteiger partial charge in [0.2, 0.25) is 5.95 Å². The summed E-state index contributed by atoms with van der Waals surface area (Å²) in [4.78, 5) is 16.5. The number of aliphatic hydroxyl groups is 1. The molecule has 144 valence electrons. The Morgan fingerprint density at radius 3 is 2.52 bits per heavy atom. The molecule has 0 aliphatic carbocycles. The van der Waals surface area contributed by atoms with Gasteiger partial charge in [0.15, 0.2) is 0 Å². The minimum Gasteiger partial charge on any atom is -0.395 e. The minimum absolute atomic E-state index is 0.0869. The molecule has 0 bridgehead atoms. The maximum absolute atomic E-state index is 9.44. The summed E-state index contributed by atoms with van der Waals surface area (Å²) in [6, 6.07) is 10.4. The highest BCUT2D eigenvalue weighted by Gasteiger charge is 2.30. The zero-order valence-corrected chi connectivity index (χ0v) is 15.8. The maximum atomic E-state index is 9.44. The van der Waals surface area contributed by atoms with Gasteiger partial charge in [0.1, 0.15) is 11.6 Å². The lowest BCUT2D eigenvalue weighted by Crippen LogP contribution is -2.38. The molecule has 1 aromatic carbocycles. The Labute approximate surface area is 160 Å². The summed E-state index contributed by atoms with van der Waals surface area (Å²) in [6.07, 6.45) is 0.934. The Hall–Kier alpha value is -2.38. The number of fused-ring (bicyclic) bond motifs is 1. The summed E-state index contributed by atoms with van der Waals surface area (Å²) in [5.41, 5.74) is 2.36. The lowest BCUT2D eigenvalue weighted by molar-refractivity contribution is 0.122. The van der Waals surface area contributed by atoms with Gasteiger partial charge in [-0.3, -0.25) is 0 Å². The summed E-state index contributed by atoms with van der Waals surface area (Å²) >= 11 is 0. The minimum atomic E-state index is 0.0869. The predicted octanol–water partition coefficient (Wildman–Crippen LogP) is 1.83. The molecular weight excluding hydrogens is 342 g/mol. The summed E-state index contributed by atoms with van der Waals surface area (Å²) in [5.74, 6) is 2.70. The van der Waals surface area contributed by atoms with Gasteiger partial charge in [0, 0.05) is 44.0 Å². The second-order valence-corrected chi connectivity index (χ2v) is 6.79. The predicted molar refractivity (Wildman–Crippen MR) is 107 cm³/mol. The molecule has 0 radical (unpaired) electrons. The number of aromatic nitrogens is 2. The molecule has 4 rings (SSSR count). The van der Waals surface area contributed by atoms with Crippen molar-refractivity contribution in [2.24, 2.45) is 0 Å². The molecule has 1 saturated heterocycles. The Kier molecular flexibility index (Phi) is 5.40. The quantitative estimate of drug-likeness (QED) is 0.833. The van der Waals surface area contributed by atoms with Crippen LogP contribution in [0.15, 0.2) is 30.3 Å². The van der Waals surface area contributed by atoms with Crippen LogP contribution < -0.4 is 14.7 Å². The first-order valence-corrected chi connectivity index (χ1v) is 9.73. The Morgan fingerprint density at radius 1 is 1.07 bits per heavy atom. The van der Waals surface area contributed by atoms with E-state index in [4.69, 9.17) is 14.7 Å². The Balaban J connectivity index is 1.78. The molecule has 3 heterocycles. The lowest BCUT2D eigenvalue weighted by Gasteiger charge is -2.31. The average Bonchev–Trinajstić information content (AvgIpc) is 3.16. The average molecular weight is 369 g/mol. The molecular formula is C20H27N5O2. The second-order valence-electron chi connectivity index (χ2n) is 6.79. The first kappa shape index (κ1) is 18.0. The number of likely N-dealkylation sites (N-methyl/N-ethyl adjacent to an activating group) is 1. The molecule has 7 nitrogen and oxygen atoms in total. The van der Waals surface area contributed by atoms with Crippen LogP contribution in [-0.2, 0) is 11.2 Å². The van der Waals surface area contributed by atoms with Crippen molar-refractivity contribution in [3.05, 3.63) is 35.9 Å². The van der Waals surface area contributed by atoms with Crippen molar-refractivity contribution in [3.8, 4) is 0 Å². The van der Waals surface area contributed by atoms with Crippen LogP contribution in [0.5, 0.6) is 0 Å². The molecule has 1 aromatic heterocycles. The monoisotopic (exact) mass is 369 g/mol. The van der Waals surface area contributed by atoms with Crippen molar-refractivity contribution in [1.82, 2.24) is 9.97 Å². The van der Waals surface area contributed by atoms with Gasteiger partial charge in [-0.25, -0.2) is 0 Å². The van der Waals surface area contributed by atoms with E-state index in [1.165, 1.54) is 5.56 Å². The fraction of sp³-hybridized carbons (Fsp3) is 0.500. The number of nitrogens with zero attached hydrogens (tertiary/aromatic N) is 5. The standard InChI is InChI=1S/C20H27N5O2/c1-2-23(10-13-26)20-21-18(24-11-14-27-15-12-24)17-8-9-25(19(17)22-20)16-6-4-3-5-7-16/h3-7,26H,2,8-15H2,1H3.